The molecule has 4 N–H and O–H groups in total. The number of pyridine rings is 1. The van der Waals surface area contributed by atoms with E-state index in [1.54, 1.807) is 19.1 Å². The summed E-state index contributed by atoms with van der Waals surface area (Å²) in [4.78, 5) is 16.5. The number of nitrogens with zero attached hydrogens (tertiary/aromatic N) is 2. The molecule has 1 aromatic heterocycles. The van der Waals surface area contributed by atoms with Crippen LogP contribution in [0.25, 0.3) is 0 Å². The molecule has 80 valence electrons. The van der Waals surface area contributed by atoms with Gasteiger partial charge in [-0.05, 0) is 19.1 Å². The Labute approximate surface area is 87.6 Å². The molecule has 1 rings (SSSR count). The third-order valence-electron chi connectivity index (χ3n) is 1.69. The van der Waals surface area contributed by atoms with E-state index in [0.29, 0.717) is 12.2 Å². The summed E-state index contributed by atoms with van der Waals surface area (Å²) in [7, 11) is 0. The lowest BCUT2D eigenvalue weighted by atomic mass is 10.4. The normalized spacial score (nSPS) is 9.40. The van der Waals surface area contributed by atoms with Crippen molar-refractivity contribution in [2.45, 2.75) is 6.92 Å². The maximum absolute atomic E-state index is 11.6. The van der Waals surface area contributed by atoms with Gasteiger partial charge in [0.05, 0.1) is 5.69 Å². The van der Waals surface area contributed by atoms with Crippen LogP contribution in [0.1, 0.15) is 6.92 Å². The van der Waals surface area contributed by atoms with Crippen molar-refractivity contribution in [3.63, 3.8) is 0 Å². The van der Waals surface area contributed by atoms with Crippen molar-refractivity contribution in [3.8, 4) is 0 Å². The summed E-state index contributed by atoms with van der Waals surface area (Å²) in [5.74, 6) is -0.327. The SMILES string of the molecule is CCNC(=O)N(C(=N)N)c1ccncc1. The molecule has 15 heavy (non-hydrogen) atoms. The molecular formula is C9H13N5O. The monoisotopic (exact) mass is 207 g/mol. The molecule has 0 spiro atoms. The molecule has 0 saturated heterocycles. The van der Waals surface area contributed by atoms with Gasteiger partial charge in [0.15, 0.2) is 0 Å². The lowest BCUT2D eigenvalue weighted by Crippen LogP contribution is -2.47. The summed E-state index contributed by atoms with van der Waals surface area (Å²) in [5, 5.41) is 9.89. The third kappa shape index (κ3) is 2.67. The number of carbonyl (C=O) groups is 1. The quantitative estimate of drug-likeness (QED) is 0.487. The van der Waals surface area contributed by atoms with Crippen molar-refractivity contribution in [1.29, 1.82) is 5.41 Å². The zero-order valence-corrected chi connectivity index (χ0v) is 8.40. The van der Waals surface area contributed by atoms with Crippen LogP contribution in [-0.4, -0.2) is 23.5 Å². The minimum absolute atomic E-state index is 0.327. The smallest absolute Gasteiger partial charge is 0.328 e. The van der Waals surface area contributed by atoms with Crippen molar-refractivity contribution in [3.05, 3.63) is 24.5 Å². The zero-order chi connectivity index (χ0) is 11.3. The number of anilines is 1. The molecule has 1 heterocycles. The fraction of sp³-hybridized carbons (Fsp3) is 0.222. The molecule has 0 unspecified atom stereocenters. The molecule has 0 radical (unpaired) electrons. The van der Waals surface area contributed by atoms with E-state index >= 15 is 0 Å². The Morgan fingerprint density at radius 1 is 1.60 bits per heavy atom. The molecule has 0 aromatic carbocycles. The van der Waals surface area contributed by atoms with Gasteiger partial charge in [-0.1, -0.05) is 0 Å². The molecule has 0 aliphatic rings. The number of carbonyl (C=O) groups excluding carboxylic acids is 1. The molecule has 0 aliphatic carbocycles. The molecule has 0 aliphatic heterocycles. The van der Waals surface area contributed by atoms with Crippen molar-refractivity contribution in [1.82, 2.24) is 10.3 Å². The Morgan fingerprint density at radius 2 is 2.20 bits per heavy atom. The molecule has 0 saturated carbocycles. The van der Waals surface area contributed by atoms with Gasteiger partial charge in [0, 0.05) is 18.9 Å². The largest absolute Gasteiger partial charge is 0.369 e. The predicted octanol–water partition coefficient (Wildman–Crippen LogP) is 0.511. The molecule has 6 nitrogen and oxygen atoms in total. The summed E-state index contributed by atoms with van der Waals surface area (Å²) >= 11 is 0. The van der Waals surface area contributed by atoms with E-state index in [0.717, 1.165) is 4.90 Å². The van der Waals surface area contributed by atoms with Crippen LogP contribution in [0.15, 0.2) is 24.5 Å². The lowest BCUT2D eigenvalue weighted by Gasteiger charge is -2.20. The highest BCUT2D eigenvalue weighted by molar-refractivity contribution is 6.13. The summed E-state index contributed by atoms with van der Waals surface area (Å²) in [6, 6.07) is 2.80. The highest BCUT2D eigenvalue weighted by Gasteiger charge is 2.17. The Bertz CT molecular complexity index is 351. The van der Waals surface area contributed by atoms with E-state index in [9.17, 15) is 4.79 Å². The van der Waals surface area contributed by atoms with Gasteiger partial charge < -0.3 is 11.1 Å². The fourth-order valence-electron chi connectivity index (χ4n) is 1.09. The van der Waals surface area contributed by atoms with E-state index in [-0.39, 0.29) is 5.96 Å². The van der Waals surface area contributed by atoms with Crippen LogP contribution in [0.5, 0.6) is 0 Å². The first kappa shape index (κ1) is 11.0. The number of guanidine groups is 1. The standard InChI is InChI=1S/C9H13N5O/c1-2-13-9(15)14(8(10)11)7-3-5-12-6-4-7/h3-6H,2H2,1H3,(H3,10,11)(H,13,15). The zero-order valence-electron chi connectivity index (χ0n) is 8.40. The van der Waals surface area contributed by atoms with Crippen molar-refractivity contribution < 1.29 is 4.79 Å². The maximum atomic E-state index is 11.6. The van der Waals surface area contributed by atoms with E-state index < -0.39 is 6.03 Å². The first-order chi connectivity index (χ1) is 7.16. The highest BCUT2D eigenvalue weighted by Crippen LogP contribution is 2.11. The van der Waals surface area contributed by atoms with Crippen molar-refractivity contribution >= 4 is 17.7 Å². The van der Waals surface area contributed by atoms with Gasteiger partial charge in [-0.2, -0.15) is 0 Å². The van der Waals surface area contributed by atoms with Crippen LogP contribution in [-0.2, 0) is 0 Å². The number of aromatic nitrogens is 1. The van der Waals surface area contributed by atoms with Crippen LogP contribution in [0, 0.1) is 5.41 Å². The summed E-state index contributed by atoms with van der Waals surface area (Å²) in [6.07, 6.45) is 3.06. The van der Waals surface area contributed by atoms with E-state index in [1.165, 1.54) is 12.4 Å². The van der Waals surface area contributed by atoms with Gasteiger partial charge in [-0.15, -0.1) is 0 Å². The molecule has 0 fully saturated rings. The van der Waals surface area contributed by atoms with Crippen molar-refractivity contribution in [2.75, 3.05) is 11.4 Å². The van der Waals surface area contributed by atoms with E-state index in [4.69, 9.17) is 11.1 Å². The first-order valence-corrected chi connectivity index (χ1v) is 4.48. The summed E-state index contributed by atoms with van der Waals surface area (Å²) < 4.78 is 0. The first-order valence-electron chi connectivity index (χ1n) is 4.48. The van der Waals surface area contributed by atoms with E-state index in [2.05, 4.69) is 10.3 Å². The highest BCUT2D eigenvalue weighted by atomic mass is 16.2. The number of hydrogen-bond donors (Lipinski definition) is 3. The molecule has 0 atom stereocenters. The Morgan fingerprint density at radius 3 is 2.67 bits per heavy atom. The van der Waals surface area contributed by atoms with Crippen LogP contribution in [0.4, 0.5) is 10.5 Å². The second kappa shape index (κ2) is 4.94. The van der Waals surface area contributed by atoms with Gasteiger partial charge in [-0.3, -0.25) is 10.4 Å². The minimum Gasteiger partial charge on any atom is -0.369 e. The number of urea groups is 1. The second-order valence-electron chi connectivity index (χ2n) is 2.76. The Hall–Kier alpha value is -2.11. The van der Waals surface area contributed by atoms with Crippen LogP contribution < -0.4 is 16.0 Å². The fourth-order valence-corrected chi connectivity index (χ4v) is 1.09. The number of hydrogen-bond acceptors (Lipinski definition) is 3. The summed E-state index contributed by atoms with van der Waals surface area (Å²) in [5.41, 5.74) is 5.84. The molecule has 0 bridgehead atoms. The molecule has 2 amide bonds. The number of rotatable bonds is 2. The number of nitrogens with one attached hydrogen (secondary N) is 2. The Balaban J connectivity index is 2.94. The topological polar surface area (TPSA) is 95.1 Å². The predicted molar refractivity (Wildman–Crippen MR) is 57.7 cm³/mol. The van der Waals surface area contributed by atoms with Gasteiger partial charge in [0.1, 0.15) is 0 Å². The van der Waals surface area contributed by atoms with Gasteiger partial charge >= 0.3 is 6.03 Å². The van der Waals surface area contributed by atoms with E-state index in [1.807, 2.05) is 0 Å². The molecule has 1 aromatic rings. The van der Waals surface area contributed by atoms with Crippen LogP contribution in [0.3, 0.4) is 0 Å². The third-order valence-corrected chi connectivity index (χ3v) is 1.69. The van der Waals surface area contributed by atoms with Gasteiger partial charge in [0.25, 0.3) is 0 Å². The maximum Gasteiger partial charge on any atom is 0.328 e. The lowest BCUT2D eigenvalue weighted by molar-refractivity contribution is 0.249. The van der Waals surface area contributed by atoms with Crippen molar-refractivity contribution in [2.24, 2.45) is 5.73 Å². The molecular weight excluding hydrogens is 194 g/mol. The number of nitrogens with two attached hydrogens (primary N) is 1. The second-order valence-corrected chi connectivity index (χ2v) is 2.76. The number of amides is 2. The Kier molecular flexibility index (Phi) is 3.61. The minimum atomic E-state index is -0.420. The van der Waals surface area contributed by atoms with Crippen LogP contribution >= 0.6 is 0 Å². The van der Waals surface area contributed by atoms with Gasteiger partial charge in [-0.25, -0.2) is 9.69 Å². The van der Waals surface area contributed by atoms with Crippen LogP contribution in [0.2, 0.25) is 0 Å². The molecule has 6 heteroatoms. The average molecular weight is 207 g/mol. The average Bonchev–Trinajstić information content (AvgIpc) is 2.19. The summed E-state index contributed by atoms with van der Waals surface area (Å²) in [6.45, 7) is 2.27. The van der Waals surface area contributed by atoms with Gasteiger partial charge in [0.2, 0.25) is 5.96 Å².